The molecule has 0 amide bonds. The second-order valence-corrected chi connectivity index (χ2v) is 5.57. The summed E-state index contributed by atoms with van der Waals surface area (Å²) < 4.78 is 5.38. The molecule has 1 aromatic carbocycles. The van der Waals surface area contributed by atoms with Gasteiger partial charge in [0.2, 0.25) is 0 Å². The smallest absolute Gasteiger partial charge is 0.145 e. The molecule has 3 aromatic rings. The minimum atomic E-state index is 0.804. The van der Waals surface area contributed by atoms with Crippen LogP contribution in [0.25, 0.3) is 21.3 Å². The SMILES string of the molecule is COc1ccc(-c2sc(C)nc2C)c2cccnc12. The number of rotatable bonds is 2. The Hall–Kier alpha value is -1.94. The van der Waals surface area contributed by atoms with E-state index in [4.69, 9.17) is 4.74 Å². The molecule has 0 unspecified atom stereocenters. The number of benzene rings is 1. The summed E-state index contributed by atoms with van der Waals surface area (Å²) in [6.45, 7) is 4.08. The van der Waals surface area contributed by atoms with Crippen molar-refractivity contribution in [2.75, 3.05) is 7.11 Å². The molecule has 2 heterocycles. The van der Waals surface area contributed by atoms with E-state index in [2.05, 4.69) is 22.1 Å². The van der Waals surface area contributed by atoms with Crippen molar-refractivity contribution < 1.29 is 4.74 Å². The Morgan fingerprint density at radius 3 is 2.68 bits per heavy atom. The average molecular weight is 270 g/mol. The van der Waals surface area contributed by atoms with E-state index >= 15 is 0 Å². The van der Waals surface area contributed by atoms with E-state index in [1.807, 2.05) is 26.0 Å². The average Bonchev–Trinajstić information content (AvgIpc) is 2.76. The van der Waals surface area contributed by atoms with E-state index in [1.165, 1.54) is 10.4 Å². The standard InChI is InChI=1S/C15H14N2OS/c1-9-15(19-10(2)17-9)12-6-7-13(18-3)14-11(12)5-4-8-16-14/h4-8H,1-3H3. The second-order valence-electron chi connectivity index (χ2n) is 4.36. The Morgan fingerprint density at radius 2 is 2.00 bits per heavy atom. The molecule has 0 saturated heterocycles. The normalized spacial score (nSPS) is 10.9. The van der Waals surface area contributed by atoms with Gasteiger partial charge in [-0.1, -0.05) is 6.07 Å². The molecular weight excluding hydrogens is 256 g/mol. The minimum Gasteiger partial charge on any atom is -0.494 e. The van der Waals surface area contributed by atoms with Gasteiger partial charge in [0.25, 0.3) is 0 Å². The fourth-order valence-electron chi connectivity index (χ4n) is 2.29. The molecule has 3 rings (SSSR count). The molecule has 96 valence electrons. The summed E-state index contributed by atoms with van der Waals surface area (Å²) in [5, 5.41) is 2.19. The minimum absolute atomic E-state index is 0.804. The Kier molecular flexibility index (Phi) is 2.95. The molecule has 4 heteroatoms. The van der Waals surface area contributed by atoms with Crippen LogP contribution in [0.4, 0.5) is 0 Å². The number of aromatic nitrogens is 2. The maximum absolute atomic E-state index is 5.38. The lowest BCUT2D eigenvalue weighted by atomic mass is 10.1. The molecular formula is C15H14N2OS. The number of hydrogen-bond donors (Lipinski definition) is 0. The molecule has 0 N–H and O–H groups in total. The van der Waals surface area contributed by atoms with Crippen LogP contribution < -0.4 is 4.74 Å². The molecule has 0 saturated carbocycles. The molecule has 0 spiro atoms. The number of hydrogen-bond acceptors (Lipinski definition) is 4. The van der Waals surface area contributed by atoms with E-state index in [0.717, 1.165) is 27.4 Å². The van der Waals surface area contributed by atoms with Gasteiger partial charge in [0.05, 0.1) is 22.7 Å². The van der Waals surface area contributed by atoms with Gasteiger partial charge in [-0.2, -0.15) is 0 Å². The van der Waals surface area contributed by atoms with E-state index in [-0.39, 0.29) is 0 Å². The van der Waals surface area contributed by atoms with E-state index in [0.29, 0.717) is 0 Å². The van der Waals surface area contributed by atoms with E-state index in [9.17, 15) is 0 Å². The van der Waals surface area contributed by atoms with Crippen molar-refractivity contribution >= 4 is 22.2 Å². The van der Waals surface area contributed by atoms with E-state index < -0.39 is 0 Å². The summed E-state index contributed by atoms with van der Waals surface area (Å²) in [7, 11) is 1.67. The first-order valence-electron chi connectivity index (χ1n) is 6.07. The monoisotopic (exact) mass is 270 g/mol. The van der Waals surface area contributed by atoms with Crippen molar-refractivity contribution in [3.63, 3.8) is 0 Å². The van der Waals surface area contributed by atoms with Gasteiger partial charge >= 0.3 is 0 Å². The molecule has 3 nitrogen and oxygen atoms in total. The molecule has 2 aromatic heterocycles. The molecule has 0 aliphatic rings. The summed E-state index contributed by atoms with van der Waals surface area (Å²) in [4.78, 5) is 10.1. The zero-order chi connectivity index (χ0) is 13.4. The Bertz CT molecular complexity index is 749. The highest BCUT2D eigenvalue weighted by Crippen LogP contribution is 2.37. The molecule has 0 aliphatic carbocycles. The Balaban J connectivity index is 2.34. The van der Waals surface area contributed by atoms with Crippen LogP contribution in [-0.2, 0) is 0 Å². The third-order valence-corrected chi connectivity index (χ3v) is 4.21. The summed E-state index contributed by atoms with van der Waals surface area (Å²) in [6.07, 6.45) is 1.79. The van der Waals surface area contributed by atoms with Crippen LogP contribution in [0.2, 0.25) is 0 Å². The third-order valence-electron chi connectivity index (χ3n) is 3.10. The first kappa shape index (κ1) is 12.1. The van der Waals surface area contributed by atoms with Gasteiger partial charge in [-0.3, -0.25) is 4.98 Å². The van der Waals surface area contributed by atoms with Gasteiger partial charge in [-0.15, -0.1) is 11.3 Å². The number of ether oxygens (including phenoxy) is 1. The quantitative estimate of drug-likeness (QED) is 0.706. The van der Waals surface area contributed by atoms with Gasteiger partial charge in [0.15, 0.2) is 0 Å². The summed E-state index contributed by atoms with van der Waals surface area (Å²) in [5.74, 6) is 0.804. The third kappa shape index (κ3) is 1.98. The summed E-state index contributed by atoms with van der Waals surface area (Å²) >= 11 is 1.72. The van der Waals surface area contributed by atoms with Crippen molar-refractivity contribution in [3.05, 3.63) is 41.2 Å². The highest BCUT2D eigenvalue weighted by Gasteiger charge is 2.13. The lowest BCUT2D eigenvalue weighted by molar-refractivity contribution is 0.419. The van der Waals surface area contributed by atoms with Crippen molar-refractivity contribution in [2.45, 2.75) is 13.8 Å². The fraction of sp³-hybridized carbons (Fsp3) is 0.200. The topological polar surface area (TPSA) is 35.0 Å². The van der Waals surface area contributed by atoms with E-state index in [1.54, 1.807) is 24.6 Å². The molecule has 0 fully saturated rings. The zero-order valence-corrected chi connectivity index (χ0v) is 11.9. The zero-order valence-electron chi connectivity index (χ0n) is 11.1. The second kappa shape index (κ2) is 4.63. The predicted molar refractivity (Wildman–Crippen MR) is 78.9 cm³/mol. The van der Waals surface area contributed by atoms with Gasteiger partial charge < -0.3 is 4.74 Å². The van der Waals surface area contributed by atoms with Crippen LogP contribution in [0.1, 0.15) is 10.7 Å². The molecule has 0 bridgehead atoms. The van der Waals surface area contributed by atoms with Crippen LogP contribution in [0, 0.1) is 13.8 Å². The highest BCUT2D eigenvalue weighted by atomic mass is 32.1. The van der Waals surface area contributed by atoms with Gasteiger partial charge in [0, 0.05) is 17.1 Å². The Labute approximate surface area is 115 Å². The van der Waals surface area contributed by atoms with Gasteiger partial charge in [-0.25, -0.2) is 4.98 Å². The summed E-state index contributed by atoms with van der Waals surface area (Å²) in [6, 6.07) is 8.09. The maximum atomic E-state index is 5.38. The largest absolute Gasteiger partial charge is 0.494 e. The molecule has 0 radical (unpaired) electrons. The summed E-state index contributed by atoms with van der Waals surface area (Å²) in [5.41, 5.74) is 3.14. The van der Waals surface area contributed by atoms with Gasteiger partial charge in [0.1, 0.15) is 11.3 Å². The number of nitrogens with zero attached hydrogens (tertiary/aromatic N) is 2. The van der Waals surface area contributed by atoms with Crippen LogP contribution in [0.15, 0.2) is 30.5 Å². The van der Waals surface area contributed by atoms with Gasteiger partial charge in [-0.05, 0) is 32.0 Å². The van der Waals surface area contributed by atoms with Crippen LogP contribution in [0.3, 0.4) is 0 Å². The number of pyridine rings is 1. The molecule has 0 aliphatic heterocycles. The van der Waals surface area contributed by atoms with Crippen molar-refractivity contribution in [1.82, 2.24) is 9.97 Å². The number of methoxy groups -OCH3 is 1. The van der Waals surface area contributed by atoms with Crippen LogP contribution >= 0.6 is 11.3 Å². The molecule has 19 heavy (non-hydrogen) atoms. The van der Waals surface area contributed by atoms with Crippen LogP contribution in [0.5, 0.6) is 5.75 Å². The predicted octanol–water partition coefficient (Wildman–Crippen LogP) is 3.98. The number of aryl methyl sites for hydroxylation is 2. The fourth-order valence-corrected chi connectivity index (χ4v) is 3.25. The number of fused-ring (bicyclic) bond motifs is 1. The lowest BCUT2D eigenvalue weighted by Gasteiger charge is -2.08. The van der Waals surface area contributed by atoms with Crippen LogP contribution in [-0.4, -0.2) is 17.1 Å². The Morgan fingerprint density at radius 1 is 1.16 bits per heavy atom. The number of thiazole rings is 1. The first-order valence-corrected chi connectivity index (χ1v) is 6.88. The van der Waals surface area contributed by atoms with Crippen molar-refractivity contribution in [3.8, 4) is 16.2 Å². The lowest BCUT2D eigenvalue weighted by Crippen LogP contribution is -1.89. The molecule has 0 atom stereocenters. The maximum Gasteiger partial charge on any atom is 0.145 e. The first-order chi connectivity index (χ1) is 9.20. The van der Waals surface area contributed by atoms with Crippen molar-refractivity contribution in [2.24, 2.45) is 0 Å². The highest BCUT2D eigenvalue weighted by molar-refractivity contribution is 7.15. The van der Waals surface area contributed by atoms with Crippen molar-refractivity contribution in [1.29, 1.82) is 0 Å².